The van der Waals surface area contributed by atoms with Crippen molar-refractivity contribution in [2.75, 3.05) is 31.1 Å². The summed E-state index contributed by atoms with van der Waals surface area (Å²) in [5.74, 6) is 1.70. The van der Waals surface area contributed by atoms with E-state index in [9.17, 15) is 0 Å². The first-order valence-corrected chi connectivity index (χ1v) is 7.41. The summed E-state index contributed by atoms with van der Waals surface area (Å²) >= 11 is 0. The fraction of sp³-hybridized carbons (Fsp3) is 0.533. The largest absolute Gasteiger partial charge is 0.354 e. The van der Waals surface area contributed by atoms with Crippen molar-refractivity contribution < 1.29 is 0 Å². The fourth-order valence-corrected chi connectivity index (χ4v) is 2.71. The summed E-state index contributed by atoms with van der Waals surface area (Å²) in [4.78, 5) is 11.7. The standard InChI is InChI=1S/C15H22N6/c1-10-9-11(2)21(19-10)15-17-13(4)12(3)14(18-15)20-7-5-16-6-8-20/h9,16H,5-8H2,1-4H3. The zero-order chi connectivity index (χ0) is 15.0. The van der Waals surface area contributed by atoms with E-state index in [1.807, 2.05) is 31.5 Å². The number of nitrogens with one attached hydrogen (secondary N) is 1. The monoisotopic (exact) mass is 286 g/mol. The third-order valence-corrected chi connectivity index (χ3v) is 3.97. The van der Waals surface area contributed by atoms with Gasteiger partial charge in [-0.05, 0) is 33.8 Å². The molecule has 3 rings (SSSR count). The van der Waals surface area contributed by atoms with E-state index in [0.29, 0.717) is 5.95 Å². The second-order valence-electron chi connectivity index (χ2n) is 5.63. The van der Waals surface area contributed by atoms with Crippen molar-refractivity contribution in [3.63, 3.8) is 0 Å². The number of aromatic nitrogens is 4. The van der Waals surface area contributed by atoms with Crippen LogP contribution >= 0.6 is 0 Å². The average molecular weight is 286 g/mol. The van der Waals surface area contributed by atoms with Crippen LogP contribution in [-0.4, -0.2) is 45.9 Å². The minimum absolute atomic E-state index is 0.664. The summed E-state index contributed by atoms with van der Waals surface area (Å²) in [7, 11) is 0. The number of nitrogens with zero attached hydrogens (tertiary/aromatic N) is 5. The minimum Gasteiger partial charge on any atom is -0.354 e. The predicted molar refractivity (Wildman–Crippen MR) is 83.2 cm³/mol. The number of aryl methyl sites for hydroxylation is 3. The van der Waals surface area contributed by atoms with Crippen LogP contribution in [0, 0.1) is 27.7 Å². The molecule has 3 heterocycles. The molecule has 1 saturated heterocycles. The Balaban J connectivity index is 2.06. The Morgan fingerprint density at radius 2 is 1.76 bits per heavy atom. The van der Waals surface area contributed by atoms with Crippen molar-refractivity contribution in [1.82, 2.24) is 25.1 Å². The molecule has 0 unspecified atom stereocenters. The van der Waals surface area contributed by atoms with E-state index in [4.69, 9.17) is 4.98 Å². The first-order chi connectivity index (χ1) is 10.1. The summed E-state index contributed by atoms with van der Waals surface area (Å²) < 4.78 is 1.83. The molecule has 0 atom stereocenters. The molecule has 0 aromatic carbocycles. The molecule has 2 aromatic heterocycles. The van der Waals surface area contributed by atoms with E-state index in [0.717, 1.165) is 54.6 Å². The number of hydrogen-bond acceptors (Lipinski definition) is 5. The van der Waals surface area contributed by atoms with E-state index < -0.39 is 0 Å². The Bertz CT molecular complexity index is 654. The molecule has 0 radical (unpaired) electrons. The lowest BCUT2D eigenvalue weighted by Gasteiger charge is -2.30. The molecule has 0 saturated carbocycles. The van der Waals surface area contributed by atoms with Crippen molar-refractivity contribution >= 4 is 5.82 Å². The highest BCUT2D eigenvalue weighted by molar-refractivity contribution is 5.50. The summed E-state index contributed by atoms with van der Waals surface area (Å²) in [5.41, 5.74) is 4.21. The molecule has 2 aromatic rings. The first kappa shape index (κ1) is 14.0. The molecule has 1 aliphatic rings. The third kappa shape index (κ3) is 2.63. The van der Waals surface area contributed by atoms with Crippen LogP contribution in [0.15, 0.2) is 6.07 Å². The summed E-state index contributed by atoms with van der Waals surface area (Å²) in [6.07, 6.45) is 0. The number of anilines is 1. The van der Waals surface area contributed by atoms with Gasteiger partial charge in [-0.1, -0.05) is 0 Å². The van der Waals surface area contributed by atoms with Crippen LogP contribution in [0.25, 0.3) is 5.95 Å². The van der Waals surface area contributed by atoms with E-state index in [1.54, 1.807) is 0 Å². The molecule has 0 aliphatic carbocycles. The quantitative estimate of drug-likeness (QED) is 0.902. The van der Waals surface area contributed by atoms with E-state index in [-0.39, 0.29) is 0 Å². The highest BCUT2D eigenvalue weighted by Crippen LogP contribution is 2.22. The van der Waals surface area contributed by atoms with Gasteiger partial charge in [-0.25, -0.2) is 9.67 Å². The smallest absolute Gasteiger partial charge is 0.252 e. The number of hydrogen-bond donors (Lipinski definition) is 1. The Kier molecular flexibility index (Phi) is 3.63. The summed E-state index contributed by atoms with van der Waals surface area (Å²) in [6.45, 7) is 12.1. The topological polar surface area (TPSA) is 58.9 Å². The van der Waals surface area contributed by atoms with Crippen LogP contribution in [0.2, 0.25) is 0 Å². The van der Waals surface area contributed by atoms with Gasteiger partial charge in [0.2, 0.25) is 0 Å². The van der Waals surface area contributed by atoms with Gasteiger partial charge in [0.05, 0.1) is 5.69 Å². The Morgan fingerprint density at radius 1 is 1.05 bits per heavy atom. The molecule has 6 nitrogen and oxygen atoms in total. The van der Waals surface area contributed by atoms with Gasteiger partial charge in [-0.2, -0.15) is 10.1 Å². The molecular formula is C15H22N6. The van der Waals surface area contributed by atoms with Crippen molar-refractivity contribution in [2.24, 2.45) is 0 Å². The second kappa shape index (κ2) is 5.44. The maximum atomic E-state index is 4.79. The van der Waals surface area contributed by atoms with Gasteiger partial charge in [-0.15, -0.1) is 0 Å². The zero-order valence-corrected chi connectivity index (χ0v) is 13.1. The molecule has 0 amide bonds. The highest BCUT2D eigenvalue weighted by Gasteiger charge is 2.18. The lowest BCUT2D eigenvalue weighted by molar-refractivity contribution is 0.581. The van der Waals surface area contributed by atoms with Gasteiger partial charge in [0.1, 0.15) is 5.82 Å². The van der Waals surface area contributed by atoms with Gasteiger partial charge in [0, 0.05) is 43.1 Å². The van der Waals surface area contributed by atoms with Crippen molar-refractivity contribution in [1.29, 1.82) is 0 Å². The van der Waals surface area contributed by atoms with Gasteiger partial charge in [0.15, 0.2) is 0 Å². The van der Waals surface area contributed by atoms with E-state index >= 15 is 0 Å². The number of piperazine rings is 1. The molecular weight excluding hydrogens is 264 g/mol. The van der Waals surface area contributed by atoms with Gasteiger partial charge in [-0.3, -0.25) is 0 Å². The zero-order valence-electron chi connectivity index (χ0n) is 13.1. The summed E-state index contributed by atoms with van der Waals surface area (Å²) in [6, 6.07) is 2.04. The van der Waals surface area contributed by atoms with Crippen LogP contribution in [0.5, 0.6) is 0 Å². The van der Waals surface area contributed by atoms with Crippen LogP contribution in [0.3, 0.4) is 0 Å². The van der Waals surface area contributed by atoms with Gasteiger partial charge >= 0.3 is 0 Å². The van der Waals surface area contributed by atoms with Crippen LogP contribution < -0.4 is 10.2 Å². The second-order valence-corrected chi connectivity index (χ2v) is 5.63. The van der Waals surface area contributed by atoms with Gasteiger partial charge < -0.3 is 10.2 Å². The molecule has 0 bridgehead atoms. The molecule has 112 valence electrons. The third-order valence-electron chi connectivity index (χ3n) is 3.97. The molecule has 6 heteroatoms. The fourth-order valence-electron chi connectivity index (χ4n) is 2.71. The Labute approximate surface area is 125 Å². The highest BCUT2D eigenvalue weighted by atomic mass is 15.4. The average Bonchev–Trinajstić information content (AvgIpc) is 2.81. The van der Waals surface area contributed by atoms with Crippen LogP contribution in [-0.2, 0) is 0 Å². The Morgan fingerprint density at radius 3 is 2.38 bits per heavy atom. The van der Waals surface area contributed by atoms with Crippen LogP contribution in [0.1, 0.15) is 22.6 Å². The maximum Gasteiger partial charge on any atom is 0.252 e. The van der Waals surface area contributed by atoms with Crippen LogP contribution in [0.4, 0.5) is 5.82 Å². The van der Waals surface area contributed by atoms with E-state index in [2.05, 4.69) is 27.2 Å². The van der Waals surface area contributed by atoms with Gasteiger partial charge in [0.25, 0.3) is 5.95 Å². The molecule has 1 fully saturated rings. The predicted octanol–water partition coefficient (Wildman–Crippen LogP) is 1.31. The maximum absolute atomic E-state index is 4.79. The lowest BCUT2D eigenvalue weighted by Crippen LogP contribution is -2.44. The molecule has 0 spiro atoms. The number of rotatable bonds is 2. The van der Waals surface area contributed by atoms with Crippen molar-refractivity contribution in [3.8, 4) is 5.95 Å². The molecule has 21 heavy (non-hydrogen) atoms. The molecule has 1 aliphatic heterocycles. The SMILES string of the molecule is Cc1cc(C)n(-c2nc(C)c(C)c(N3CCNCC3)n2)n1. The minimum atomic E-state index is 0.664. The van der Waals surface area contributed by atoms with Crippen molar-refractivity contribution in [2.45, 2.75) is 27.7 Å². The Hall–Kier alpha value is -1.95. The normalized spacial score (nSPS) is 15.5. The summed E-state index contributed by atoms with van der Waals surface area (Å²) in [5, 5.41) is 7.87. The van der Waals surface area contributed by atoms with Crippen molar-refractivity contribution in [3.05, 3.63) is 28.7 Å². The van der Waals surface area contributed by atoms with E-state index in [1.165, 1.54) is 0 Å². The molecule has 1 N–H and O–H groups in total. The lowest BCUT2D eigenvalue weighted by atomic mass is 10.2. The first-order valence-electron chi connectivity index (χ1n) is 7.41.